The molecule has 0 aromatic heterocycles. The van der Waals surface area contributed by atoms with Crippen LogP contribution in [0.1, 0.15) is 44.2 Å². The first kappa shape index (κ1) is 21.7. The molecule has 6 nitrogen and oxygen atoms in total. The molecule has 0 bridgehead atoms. The van der Waals surface area contributed by atoms with Crippen molar-refractivity contribution in [3.05, 3.63) is 35.4 Å². The lowest BCUT2D eigenvalue weighted by molar-refractivity contribution is -0.0390. The Balaban J connectivity index is 1.79. The number of hydrogen-bond acceptors (Lipinski definition) is 4. The molecule has 1 aliphatic heterocycles. The number of benzene rings is 1. The van der Waals surface area contributed by atoms with Gasteiger partial charge in [-0.15, -0.1) is 0 Å². The van der Waals surface area contributed by atoms with Crippen LogP contribution in [0.4, 0.5) is 0 Å². The highest BCUT2D eigenvalue weighted by Gasteiger charge is 2.13. The van der Waals surface area contributed by atoms with Gasteiger partial charge in [0.25, 0.3) is 0 Å². The van der Waals surface area contributed by atoms with Crippen molar-refractivity contribution in [1.29, 1.82) is 0 Å². The molecule has 0 spiro atoms. The molecule has 1 aromatic carbocycles. The van der Waals surface area contributed by atoms with Gasteiger partial charge in [0, 0.05) is 39.5 Å². The van der Waals surface area contributed by atoms with E-state index in [0.717, 1.165) is 64.7 Å². The molecule has 0 atom stereocenters. The number of guanidine groups is 1. The lowest BCUT2D eigenvalue weighted by Crippen LogP contribution is -2.38. The second-order valence-electron chi connectivity index (χ2n) is 6.62. The zero-order chi connectivity index (χ0) is 19.2. The third-order valence-corrected chi connectivity index (χ3v) is 4.37. The van der Waals surface area contributed by atoms with Crippen molar-refractivity contribution in [3.63, 3.8) is 0 Å². The summed E-state index contributed by atoms with van der Waals surface area (Å²) in [6, 6.07) is 8.49. The highest BCUT2D eigenvalue weighted by Crippen LogP contribution is 2.14. The third-order valence-electron chi connectivity index (χ3n) is 4.37. The van der Waals surface area contributed by atoms with Crippen LogP contribution < -0.4 is 10.6 Å². The highest BCUT2D eigenvalue weighted by atomic mass is 16.5. The predicted molar refractivity (Wildman–Crippen MR) is 109 cm³/mol. The molecule has 6 heteroatoms. The van der Waals surface area contributed by atoms with Gasteiger partial charge in [-0.05, 0) is 44.2 Å². The molecule has 1 saturated heterocycles. The van der Waals surface area contributed by atoms with E-state index >= 15 is 0 Å². The van der Waals surface area contributed by atoms with Crippen LogP contribution in [0.3, 0.4) is 0 Å². The summed E-state index contributed by atoms with van der Waals surface area (Å²) >= 11 is 0. The minimum atomic E-state index is 0.321. The number of hydrogen-bond donors (Lipinski definition) is 2. The molecule has 1 aliphatic rings. The van der Waals surface area contributed by atoms with Gasteiger partial charge in [-0.3, -0.25) is 0 Å². The van der Waals surface area contributed by atoms with Crippen LogP contribution in [0.25, 0.3) is 0 Å². The number of nitrogens with zero attached hydrogens (tertiary/aromatic N) is 1. The lowest BCUT2D eigenvalue weighted by atomic mass is 10.1. The Kier molecular flexibility index (Phi) is 10.9. The molecule has 0 aliphatic carbocycles. The van der Waals surface area contributed by atoms with Crippen LogP contribution in [0.5, 0.6) is 0 Å². The zero-order valence-corrected chi connectivity index (χ0v) is 16.8. The van der Waals surface area contributed by atoms with Crippen molar-refractivity contribution in [2.45, 2.75) is 52.4 Å². The minimum absolute atomic E-state index is 0.321. The van der Waals surface area contributed by atoms with E-state index in [-0.39, 0.29) is 0 Å². The zero-order valence-electron chi connectivity index (χ0n) is 16.8. The average Bonchev–Trinajstić information content (AvgIpc) is 2.71. The topological polar surface area (TPSA) is 64.1 Å². The van der Waals surface area contributed by atoms with Crippen molar-refractivity contribution in [2.24, 2.45) is 4.99 Å². The molecular weight excluding hydrogens is 342 g/mol. The first-order chi connectivity index (χ1) is 13.3. The largest absolute Gasteiger partial charge is 0.382 e. The Morgan fingerprint density at radius 2 is 2.00 bits per heavy atom. The van der Waals surface area contributed by atoms with Gasteiger partial charge in [-0.1, -0.05) is 24.3 Å². The second kappa shape index (κ2) is 13.5. The van der Waals surface area contributed by atoms with E-state index in [1.54, 1.807) is 0 Å². The normalized spacial score (nSPS) is 15.7. The Bertz CT molecular complexity index is 545. The fourth-order valence-corrected chi connectivity index (χ4v) is 2.91. The van der Waals surface area contributed by atoms with E-state index in [1.165, 1.54) is 11.1 Å². The van der Waals surface area contributed by atoms with E-state index in [1.807, 2.05) is 6.92 Å². The van der Waals surface area contributed by atoms with Crippen molar-refractivity contribution < 1.29 is 14.2 Å². The maximum Gasteiger partial charge on any atom is 0.191 e. The van der Waals surface area contributed by atoms with E-state index in [9.17, 15) is 0 Å². The average molecular weight is 378 g/mol. The number of ether oxygens (including phenoxy) is 3. The summed E-state index contributed by atoms with van der Waals surface area (Å²) < 4.78 is 16.8. The number of rotatable bonds is 11. The molecule has 27 heavy (non-hydrogen) atoms. The molecule has 0 unspecified atom stereocenters. The molecule has 1 aromatic rings. The maximum atomic E-state index is 6.02. The Hall–Kier alpha value is -1.63. The maximum absolute atomic E-state index is 6.02. The summed E-state index contributed by atoms with van der Waals surface area (Å²) in [7, 11) is 0. The summed E-state index contributed by atoms with van der Waals surface area (Å²) in [6.07, 6.45) is 3.27. The Morgan fingerprint density at radius 1 is 1.19 bits per heavy atom. The molecule has 0 radical (unpaired) electrons. The van der Waals surface area contributed by atoms with Gasteiger partial charge in [0.15, 0.2) is 5.96 Å². The van der Waals surface area contributed by atoms with Gasteiger partial charge < -0.3 is 24.8 Å². The van der Waals surface area contributed by atoms with Crippen molar-refractivity contribution >= 4 is 5.96 Å². The molecule has 2 rings (SSSR count). The van der Waals surface area contributed by atoms with Crippen LogP contribution in [-0.4, -0.2) is 51.6 Å². The summed E-state index contributed by atoms with van der Waals surface area (Å²) in [5.74, 6) is 0.845. The molecule has 0 saturated carbocycles. The fourth-order valence-electron chi connectivity index (χ4n) is 2.91. The summed E-state index contributed by atoms with van der Waals surface area (Å²) in [6.45, 7) is 10.2. The van der Waals surface area contributed by atoms with Gasteiger partial charge in [-0.25, -0.2) is 4.99 Å². The third kappa shape index (κ3) is 9.22. The molecule has 0 amide bonds. The van der Waals surface area contributed by atoms with Crippen LogP contribution >= 0.6 is 0 Å². The highest BCUT2D eigenvalue weighted by molar-refractivity contribution is 5.79. The quantitative estimate of drug-likeness (QED) is 0.353. The molecule has 2 N–H and O–H groups in total. The standard InChI is InChI=1S/C21H35N3O3/c1-3-22-21(23-11-6-12-25-4-2)24-16-18-7-5-8-19(15-18)17-27-20-9-13-26-14-10-20/h5,7-8,15,20H,3-4,6,9-14,16-17H2,1-2H3,(H2,22,23,24). The van der Waals surface area contributed by atoms with E-state index < -0.39 is 0 Å². The monoisotopic (exact) mass is 377 g/mol. The van der Waals surface area contributed by atoms with E-state index in [4.69, 9.17) is 14.2 Å². The predicted octanol–water partition coefficient (Wildman–Crippen LogP) is 2.86. The van der Waals surface area contributed by atoms with Gasteiger partial charge in [0.2, 0.25) is 0 Å². The fraction of sp³-hybridized carbons (Fsp3) is 0.667. The number of aliphatic imine (C=N–C) groups is 1. The summed E-state index contributed by atoms with van der Waals surface area (Å²) in [5, 5.41) is 6.64. The first-order valence-corrected chi connectivity index (χ1v) is 10.2. The SMILES string of the molecule is CCNC(=NCc1cccc(COC2CCOCC2)c1)NCCCOCC. The molecular formula is C21H35N3O3. The van der Waals surface area contributed by atoms with Crippen molar-refractivity contribution in [2.75, 3.05) is 39.5 Å². The van der Waals surface area contributed by atoms with Crippen molar-refractivity contribution in [1.82, 2.24) is 10.6 Å². The molecule has 1 heterocycles. The Labute approximate surface area is 163 Å². The van der Waals surface area contributed by atoms with Crippen LogP contribution in [0.15, 0.2) is 29.3 Å². The van der Waals surface area contributed by atoms with E-state index in [0.29, 0.717) is 19.3 Å². The van der Waals surface area contributed by atoms with Crippen molar-refractivity contribution in [3.8, 4) is 0 Å². The minimum Gasteiger partial charge on any atom is -0.382 e. The van der Waals surface area contributed by atoms with Gasteiger partial charge in [-0.2, -0.15) is 0 Å². The second-order valence-corrected chi connectivity index (χ2v) is 6.62. The van der Waals surface area contributed by atoms with Crippen LogP contribution in [-0.2, 0) is 27.4 Å². The lowest BCUT2D eigenvalue weighted by Gasteiger charge is -2.22. The van der Waals surface area contributed by atoms with Gasteiger partial charge >= 0.3 is 0 Å². The van der Waals surface area contributed by atoms with Crippen LogP contribution in [0, 0.1) is 0 Å². The first-order valence-electron chi connectivity index (χ1n) is 10.2. The number of nitrogens with one attached hydrogen (secondary N) is 2. The summed E-state index contributed by atoms with van der Waals surface area (Å²) in [4.78, 5) is 4.69. The van der Waals surface area contributed by atoms with Crippen LogP contribution in [0.2, 0.25) is 0 Å². The van der Waals surface area contributed by atoms with E-state index in [2.05, 4.69) is 46.8 Å². The summed E-state index contributed by atoms with van der Waals surface area (Å²) in [5.41, 5.74) is 2.39. The molecule has 1 fully saturated rings. The smallest absolute Gasteiger partial charge is 0.191 e. The molecule has 152 valence electrons. The van der Waals surface area contributed by atoms with Gasteiger partial charge in [0.05, 0.1) is 19.3 Å². The van der Waals surface area contributed by atoms with Gasteiger partial charge in [0.1, 0.15) is 0 Å². The Morgan fingerprint density at radius 3 is 2.78 bits per heavy atom.